The first-order valence-corrected chi connectivity index (χ1v) is 8.63. The number of benzene rings is 1. The molecule has 1 aromatic rings. The van der Waals surface area contributed by atoms with E-state index >= 15 is 0 Å². The molecule has 0 atom stereocenters. The van der Waals surface area contributed by atoms with Gasteiger partial charge in [-0.1, -0.05) is 37.6 Å². The first-order chi connectivity index (χ1) is 11.0. The van der Waals surface area contributed by atoms with E-state index in [2.05, 4.69) is 5.32 Å². The molecule has 1 rings (SSSR count). The Morgan fingerprint density at radius 3 is 2.48 bits per heavy atom. The van der Waals surface area contributed by atoms with Gasteiger partial charge in [0.25, 0.3) is 0 Å². The third kappa shape index (κ3) is 7.04. The maximum Gasteiger partial charge on any atom is 0.223 e. The van der Waals surface area contributed by atoms with Crippen LogP contribution in [0.2, 0.25) is 5.02 Å². The summed E-state index contributed by atoms with van der Waals surface area (Å²) in [4.78, 5) is 25.4. The molecular formula is C18H27ClN2O2. The summed E-state index contributed by atoms with van der Waals surface area (Å²) in [5, 5.41) is 3.63. The van der Waals surface area contributed by atoms with E-state index < -0.39 is 0 Å². The second-order valence-electron chi connectivity index (χ2n) is 5.69. The summed E-state index contributed by atoms with van der Waals surface area (Å²) in [6.45, 7) is 7.23. The van der Waals surface area contributed by atoms with E-state index in [4.69, 9.17) is 11.6 Å². The number of rotatable bonds is 9. The largest absolute Gasteiger partial charge is 0.354 e. The highest BCUT2D eigenvalue weighted by Gasteiger charge is 2.14. The van der Waals surface area contributed by atoms with Crippen molar-refractivity contribution in [3.8, 4) is 0 Å². The Labute approximate surface area is 144 Å². The van der Waals surface area contributed by atoms with Crippen LogP contribution in [-0.2, 0) is 16.0 Å². The van der Waals surface area contributed by atoms with Gasteiger partial charge >= 0.3 is 0 Å². The summed E-state index contributed by atoms with van der Waals surface area (Å²) >= 11 is 5.97. The van der Waals surface area contributed by atoms with Gasteiger partial charge in [-0.25, -0.2) is 0 Å². The second kappa shape index (κ2) is 10.3. The lowest BCUT2D eigenvalue weighted by Gasteiger charge is -2.22. The number of carbonyl (C=O) groups is 2. The van der Waals surface area contributed by atoms with Crippen LogP contribution in [0.3, 0.4) is 0 Å². The molecule has 0 bridgehead atoms. The number of nitrogens with zero attached hydrogens (tertiary/aromatic N) is 1. The molecule has 0 radical (unpaired) electrons. The molecule has 5 heteroatoms. The van der Waals surface area contributed by atoms with Gasteiger partial charge in [-0.15, -0.1) is 0 Å². The third-order valence-electron chi connectivity index (χ3n) is 4.04. The van der Waals surface area contributed by atoms with Crippen LogP contribution >= 0.6 is 11.6 Å². The van der Waals surface area contributed by atoms with Crippen LogP contribution in [0.5, 0.6) is 0 Å². The van der Waals surface area contributed by atoms with Crippen molar-refractivity contribution >= 4 is 23.4 Å². The van der Waals surface area contributed by atoms with E-state index in [1.54, 1.807) is 11.8 Å². The van der Waals surface area contributed by atoms with Crippen LogP contribution in [0.1, 0.15) is 39.2 Å². The van der Waals surface area contributed by atoms with Gasteiger partial charge in [0.1, 0.15) is 0 Å². The Kier molecular flexibility index (Phi) is 8.70. The summed E-state index contributed by atoms with van der Waals surface area (Å²) in [6.07, 6.45) is 2.43. The van der Waals surface area contributed by atoms with Crippen LogP contribution < -0.4 is 5.32 Å². The molecule has 0 spiro atoms. The van der Waals surface area contributed by atoms with E-state index in [-0.39, 0.29) is 17.7 Å². The minimum atomic E-state index is 0.0174. The fraction of sp³-hybridized carbons (Fsp3) is 0.556. The highest BCUT2D eigenvalue weighted by Crippen LogP contribution is 2.11. The Hall–Kier alpha value is -1.55. The smallest absolute Gasteiger partial charge is 0.223 e. The lowest BCUT2D eigenvalue weighted by Crippen LogP contribution is -2.40. The van der Waals surface area contributed by atoms with Gasteiger partial charge in [0.2, 0.25) is 11.8 Å². The number of amides is 2. The summed E-state index contributed by atoms with van der Waals surface area (Å²) in [5.74, 6) is 0.157. The van der Waals surface area contributed by atoms with Crippen molar-refractivity contribution in [2.24, 2.45) is 5.92 Å². The van der Waals surface area contributed by atoms with Crippen molar-refractivity contribution in [1.82, 2.24) is 10.2 Å². The van der Waals surface area contributed by atoms with Crippen LogP contribution in [0.25, 0.3) is 0 Å². The van der Waals surface area contributed by atoms with E-state index in [9.17, 15) is 9.59 Å². The molecule has 1 aromatic carbocycles. The van der Waals surface area contributed by atoms with Gasteiger partial charge in [-0.2, -0.15) is 0 Å². The lowest BCUT2D eigenvalue weighted by molar-refractivity contribution is -0.130. The van der Waals surface area contributed by atoms with Crippen LogP contribution in [0.4, 0.5) is 0 Å². The van der Waals surface area contributed by atoms with Crippen molar-refractivity contribution in [3.63, 3.8) is 0 Å². The lowest BCUT2D eigenvalue weighted by atomic mass is 10.0. The molecule has 0 saturated carbocycles. The molecular weight excluding hydrogens is 312 g/mol. The van der Waals surface area contributed by atoms with Gasteiger partial charge < -0.3 is 10.2 Å². The quantitative estimate of drug-likeness (QED) is 0.751. The average molecular weight is 339 g/mol. The van der Waals surface area contributed by atoms with Crippen molar-refractivity contribution in [1.29, 1.82) is 0 Å². The van der Waals surface area contributed by atoms with Crippen LogP contribution in [0.15, 0.2) is 24.3 Å². The standard InChI is InChI=1S/C18H27ClN2O2/c1-4-16(5-2)18(23)20-10-12-21(14(3)22)11-9-15-7-6-8-17(19)13-15/h6-8,13,16H,4-5,9-12H2,1-3H3,(H,20,23). The minimum absolute atomic E-state index is 0.0174. The normalized spacial score (nSPS) is 10.7. The van der Waals surface area contributed by atoms with Crippen LogP contribution in [-0.4, -0.2) is 36.3 Å². The summed E-state index contributed by atoms with van der Waals surface area (Å²) < 4.78 is 0. The molecule has 0 unspecified atom stereocenters. The fourth-order valence-corrected chi connectivity index (χ4v) is 2.71. The monoisotopic (exact) mass is 338 g/mol. The molecule has 0 aliphatic rings. The average Bonchev–Trinajstić information content (AvgIpc) is 2.51. The maximum atomic E-state index is 11.9. The summed E-state index contributed by atoms with van der Waals surface area (Å²) in [6, 6.07) is 7.65. The van der Waals surface area contributed by atoms with E-state index in [0.717, 1.165) is 24.8 Å². The van der Waals surface area contributed by atoms with Crippen LogP contribution in [0, 0.1) is 5.92 Å². The Balaban J connectivity index is 2.43. The van der Waals surface area contributed by atoms with Crippen molar-refractivity contribution in [2.45, 2.75) is 40.0 Å². The Bertz CT molecular complexity index is 515. The molecule has 2 amide bonds. The predicted molar refractivity (Wildman–Crippen MR) is 94.5 cm³/mol. The van der Waals surface area contributed by atoms with E-state index in [1.165, 1.54) is 0 Å². The first kappa shape index (κ1) is 19.5. The molecule has 1 N–H and O–H groups in total. The van der Waals surface area contributed by atoms with Gasteiger partial charge in [0, 0.05) is 37.5 Å². The molecule has 0 aromatic heterocycles. The molecule has 4 nitrogen and oxygen atoms in total. The maximum absolute atomic E-state index is 11.9. The molecule has 0 aliphatic heterocycles. The predicted octanol–water partition coefficient (Wildman–Crippen LogP) is 3.28. The van der Waals surface area contributed by atoms with Gasteiger partial charge in [0.15, 0.2) is 0 Å². The molecule has 0 fully saturated rings. The second-order valence-corrected chi connectivity index (χ2v) is 6.13. The number of hydrogen-bond donors (Lipinski definition) is 1. The minimum Gasteiger partial charge on any atom is -0.354 e. The number of halogens is 1. The molecule has 0 aliphatic carbocycles. The summed E-state index contributed by atoms with van der Waals surface area (Å²) in [5.41, 5.74) is 1.10. The molecule has 0 heterocycles. The number of hydrogen-bond acceptors (Lipinski definition) is 2. The van der Waals surface area contributed by atoms with Crippen molar-refractivity contribution < 1.29 is 9.59 Å². The van der Waals surface area contributed by atoms with Gasteiger partial charge in [-0.05, 0) is 37.0 Å². The highest BCUT2D eigenvalue weighted by atomic mass is 35.5. The zero-order valence-electron chi connectivity index (χ0n) is 14.3. The number of nitrogens with one attached hydrogen (secondary N) is 1. The van der Waals surface area contributed by atoms with Crippen molar-refractivity contribution in [3.05, 3.63) is 34.9 Å². The first-order valence-electron chi connectivity index (χ1n) is 8.25. The highest BCUT2D eigenvalue weighted by molar-refractivity contribution is 6.30. The zero-order valence-corrected chi connectivity index (χ0v) is 15.0. The Morgan fingerprint density at radius 1 is 1.22 bits per heavy atom. The zero-order chi connectivity index (χ0) is 17.2. The molecule has 23 heavy (non-hydrogen) atoms. The third-order valence-corrected chi connectivity index (χ3v) is 4.28. The van der Waals surface area contributed by atoms with Crippen molar-refractivity contribution in [2.75, 3.05) is 19.6 Å². The van der Waals surface area contributed by atoms with Gasteiger partial charge in [0.05, 0.1) is 0 Å². The fourth-order valence-electron chi connectivity index (χ4n) is 2.50. The molecule has 0 saturated heterocycles. The number of carbonyl (C=O) groups excluding carboxylic acids is 2. The topological polar surface area (TPSA) is 49.4 Å². The van der Waals surface area contributed by atoms with E-state index in [1.807, 2.05) is 38.1 Å². The Morgan fingerprint density at radius 2 is 1.91 bits per heavy atom. The molecule has 128 valence electrons. The SMILES string of the molecule is CCC(CC)C(=O)NCCN(CCc1cccc(Cl)c1)C(C)=O. The van der Waals surface area contributed by atoms with Gasteiger partial charge in [-0.3, -0.25) is 9.59 Å². The summed E-state index contributed by atoms with van der Waals surface area (Å²) in [7, 11) is 0. The van der Waals surface area contributed by atoms with E-state index in [0.29, 0.717) is 24.7 Å².